The van der Waals surface area contributed by atoms with Crippen molar-refractivity contribution in [2.75, 3.05) is 6.61 Å². The second-order valence-corrected chi connectivity index (χ2v) is 5.84. The second kappa shape index (κ2) is 7.81. The SMILES string of the molecule is [B]CCCCC(C)(N)CCOc1ccc(Cl)cc1C. The molecule has 2 radical (unpaired) electrons. The van der Waals surface area contributed by atoms with Gasteiger partial charge in [-0.2, -0.15) is 0 Å². The zero-order chi connectivity index (χ0) is 14.3. The quantitative estimate of drug-likeness (QED) is 0.579. The topological polar surface area (TPSA) is 35.2 Å². The zero-order valence-electron chi connectivity index (χ0n) is 11.9. The van der Waals surface area contributed by atoms with Crippen LogP contribution in [0.2, 0.25) is 11.3 Å². The van der Waals surface area contributed by atoms with Gasteiger partial charge in [-0.3, -0.25) is 0 Å². The van der Waals surface area contributed by atoms with E-state index in [1.165, 1.54) is 0 Å². The number of nitrogens with two attached hydrogens (primary N) is 1. The van der Waals surface area contributed by atoms with Gasteiger partial charge in [-0.05, 0) is 50.5 Å². The van der Waals surface area contributed by atoms with E-state index in [4.69, 9.17) is 29.9 Å². The molecular weight excluding hydrogens is 256 g/mol. The van der Waals surface area contributed by atoms with Crippen LogP contribution in [-0.4, -0.2) is 20.0 Å². The first kappa shape index (κ1) is 16.4. The third-order valence-corrected chi connectivity index (χ3v) is 3.50. The van der Waals surface area contributed by atoms with Gasteiger partial charge in [0.1, 0.15) is 5.75 Å². The van der Waals surface area contributed by atoms with Gasteiger partial charge in [0, 0.05) is 10.6 Å². The van der Waals surface area contributed by atoms with Crippen LogP contribution in [0.25, 0.3) is 0 Å². The fraction of sp³-hybridized carbons (Fsp3) is 0.600. The largest absolute Gasteiger partial charge is 0.493 e. The molecule has 0 aliphatic carbocycles. The summed E-state index contributed by atoms with van der Waals surface area (Å²) < 4.78 is 5.77. The van der Waals surface area contributed by atoms with Gasteiger partial charge in [-0.15, -0.1) is 0 Å². The van der Waals surface area contributed by atoms with Crippen molar-refractivity contribution in [3.05, 3.63) is 28.8 Å². The summed E-state index contributed by atoms with van der Waals surface area (Å²) in [5, 5.41) is 0.732. The number of halogens is 1. The van der Waals surface area contributed by atoms with Crippen LogP contribution in [0.3, 0.4) is 0 Å². The summed E-state index contributed by atoms with van der Waals surface area (Å²) in [4.78, 5) is 0. The molecule has 0 spiro atoms. The van der Waals surface area contributed by atoms with Gasteiger partial charge >= 0.3 is 0 Å². The standard InChI is InChI=1S/C15H23BClNO/c1-12-11-13(17)5-6-14(12)19-10-8-15(2,18)7-3-4-9-16/h5-6,11H,3-4,7-10,18H2,1-2H3. The van der Waals surface area contributed by atoms with E-state index in [2.05, 4.69) is 6.92 Å². The summed E-state index contributed by atoms with van der Waals surface area (Å²) >= 11 is 5.91. The molecule has 1 atom stereocenters. The third-order valence-electron chi connectivity index (χ3n) is 3.27. The molecule has 0 heterocycles. The summed E-state index contributed by atoms with van der Waals surface area (Å²) in [6.07, 6.45) is 4.65. The van der Waals surface area contributed by atoms with Crippen LogP contribution in [0, 0.1) is 6.92 Å². The minimum absolute atomic E-state index is 0.185. The summed E-state index contributed by atoms with van der Waals surface area (Å²) in [5.41, 5.74) is 7.11. The number of ether oxygens (including phenoxy) is 1. The van der Waals surface area contributed by atoms with E-state index in [-0.39, 0.29) is 5.54 Å². The molecule has 104 valence electrons. The Morgan fingerprint density at radius 3 is 2.68 bits per heavy atom. The average molecular weight is 280 g/mol. The maximum Gasteiger partial charge on any atom is 0.122 e. The normalized spacial score (nSPS) is 14.1. The van der Waals surface area contributed by atoms with Crippen molar-refractivity contribution in [3.63, 3.8) is 0 Å². The van der Waals surface area contributed by atoms with Gasteiger partial charge in [0.05, 0.1) is 14.5 Å². The Balaban J connectivity index is 2.36. The van der Waals surface area contributed by atoms with E-state index in [9.17, 15) is 0 Å². The van der Waals surface area contributed by atoms with Crippen LogP contribution in [0.4, 0.5) is 0 Å². The minimum atomic E-state index is -0.185. The van der Waals surface area contributed by atoms with Gasteiger partial charge in [0.25, 0.3) is 0 Å². The Morgan fingerprint density at radius 1 is 1.32 bits per heavy atom. The van der Waals surface area contributed by atoms with Crippen LogP contribution in [0.5, 0.6) is 5.75 Å². The molecule has 0 saturated carbocycles. The highest BCUT2D eigenvalue weighted by molar-refractivity contribution is 6.30. The van der Waals surface area contributed by atoms with Crippen LogP contribution in [-0.2, 0) is 0 Å². The predicted octanol–water partition coefficient (Wildman–Crippen LogP) is 3.89. The first-order valence-corrected chi connectivity index (χ1v) is 7.20. The molecular formula is C15H23BClNO. The molecule has 0 amide bonds. The fourth-order valence-corrected chi connectivity index (χ4v) is 2.19. The van der Waals surface area contributed by atoms with Crippen LogP contribution in [0.1, 0.15) is 38.2 Å². The third kappa shape index (κ3) is 6.35. The van der Waals surface area contributed by atoms with Crippen LogP contribution in [0.15, 0.2) is 18.2 Å². The summed E-state index contributed by atoms with van der Waals surface area (Å²) in [6.45, 7) is 4.68. The Hall–Kier alpha value is -0.665. The molecule has 1 unspecified atom stereocenters. The van der Waals surface area contributed by atoms with Gasteiger partial charge < -0.3 is 10.5 Å². The molecule has 0 saturated heterocycles. The molecule has 4 heteroatoms. The van der Waals surface area contributed by atoms with Gasteiger partial charge in [-0.1, -0.05) is 30.8 Å². The molecule has 19 heavy (non-hydrogen) atoms. The minimum Gasteiger partial charge on any atom is -0.493 e. The predicted molar refractivity (Wildman–Crippen MR) is 83.3 cm³/mol. The van der Waals surface area contributed by atoms with Crippen molar-refractivity contribution in [3.8, 4) is 5.75 Å². The van der Waals surface area contributed by atoms with Crippen molar-refractivity contribution in [2.24, 2.45) is 5.73 Å². The van der Waals surface area contributed by atoms with Gasteiger partial charge in [-0.25, -0.2) is 0 Å². The number of benzene rings is 1. The highest BCUT2D eigenvalue weighted by Crippen LogP contribution is 2.23. The van der Waals surface area contributed by atoms with Crippen molar-refractivity contribution in [2.45, 2.75) is 51.4 Å². The fourth-order valence-electron chi connectivity index (χ4n) is 1.97. The van der Waals surface area contributed by atoms with Crippen molar-refractivity contribution >= 4 is 19.4 Å². The molecule has 1 aromatic rings. The van der Waals surface area contributed by atoms with Crippen molar-refractivity contribution in [1.82, 2.24) is 0 Å². The monoisotopic (exact) mass is 279 g/mol. The Kier molecular flexibility index (Phi) is 6.74. The first-order chi connectivity index (χ1) is 8.94. The molecule has 2 nitrogen and oxygen atoms in total. The lowest BCUT2D eigenvalue weighted by Crippen LogP contribution is -2.37. The smallest absolute Gasteiger partial charge is 0.122 e. The van der Waals surface area contributed by atoms with E-state index in [1.807, 2.05) is 25.1 Å². The van der Waals surface area contributed by atoms with Gasteiger partial charge in [0.2, 0.25) is 0 Å². The Morgan fingerprint density at radius 2 is 2.05 bits per heavy atom. The summed E-state index contributed by atoms with van der Waals surface area (Å²) in [6, 6.07) is 5.65. The lowest BCUT2D eigenvalue weighted by Gasteiger charge is -2.24. The van der Waals surface area contributed by atoms with E-state index >= 15 is 0 Å². The molecule has 0 aromatic heterocycles. The molecule has 0 aliphatic heterocycles. The van der Waals surface area contributed by atoms with Crippen molar-refractivity contribution in [1.29, 1.82) is 0 Å². The van der Waals surface area contributed by atoms with E-state index in [1.54, 1.807) is 0 Å². The molecule has 2 N–H and O–H groups in total. The second-order valence-electron chi connectivity index (χ2n) is 5.41. The molecule has 0 bridgehead atoms. The summed E-state index contributed by atoms with van der Waals surface area (Å²) in [5.74, 6) is 0.877. The Labute approximate surface area is 123 Å². The molecule has 0 fully saturated rings. The van der Waals surface area contributed by atoms with E-state index < -0.39 is 0 Å². The van der Waals surface area contributed by atoms with Gasteiger partial charge in [0.15, 0.2) is 0 Å². The Bertz CT molecular complexity index is 396. The maximum atomic E-state index is 6.24. The maximum absolute atomic E-state index is 6.24. The van der Waals surface area contributed by atoms with E-state index in [0.29, 0.717) is 6.61 Å². The number of unbranched alkanes of at least 4 members (excludes halogenated alkanes) is 1. The number of hydrogen-bond acceptors (Lipinski definition) is 2. The number of rotatable bonds is 8. The number of hydrogen-bond donors (Lipinski definition) is 1. The lowest BCUT2D eigenvalue weighted by molar-refractivity contribution is 0.255. The first-order valence-electron chi connectivity index (χ1n) is 6.82. The molecule has 0 aliphatic rings. The van der Waals surface area contributed by atoms with E-state index in [0.717, 1.165) is 48.3 Å². The van der Waals surface area contributed by atoms with Crippen molar-refractivity contribution < 1.29 is 4.74 Å². The molecule has 1 rings (SSSR count). The van der Waals surface area contributed by atoms with Crippen LogP contribution >= 0.6 is 11.6 Å². The highest BCUT2D eigenvalue weighted by atomic mass is 35.5. The average Bonchev–Trinajstić information content (AvgIpc) is 2.32. The highest BCUT2D eigenvalue weighted by Gasteiger charge is 2.17. The summed E-state index contributed by atoms with van der Waals surface area (Å²) in [7, 11) is 5.49. The lowest BCUT2D eigenvalue weighted by atomic mass is 9.90. The number of aryl methyl sites for hydroxylation is 1. The zero-order valence-corrected chi connectivity index (χ0v) is 12.7. The van der Waals surface area contributed by atoms with Crippen LogP contribution < -0.4 is 10.5 Å². The molecule has 1 aromatic carbocycles.